The van der Waals surface area contributed by atoms with Gasteiger partial charge in [-0.3, -0.25) is 24.3 Å². The van der Waals surface area contributed by atoms with Crippen molar-refractivity contribution in [1.29, 1.82) is 0 Å². The summed E-state index contributed by atoms with van der Waals surface area (Å²) in [5.41, 5.74) is 3.42. The number of nitrogens with one attached hydrogen (secondary N) is 1. The number of rotatable bonds is 7. The van der Waals surface area contributed by atoms with Gasteiger partial charge in [-0.15, -0.1) is 0 Å². The molecule has 0 aliphatic carbocycles. The van der Waals surface area contributed by atoms with Gasteiger partial charge in [0.05, 0.1) is 33.5 Å². The molecule has 0 radical (unpaired) electrons. The molecule has 34 heavy (non-hydrogen) atoms. The molecular formula is C23H16ClN5O4S. The number of amides is 1. The summed E-state index contributed by atoms with van der Waals surface area (Å²) in [7, 11) is 0. The van der Waals surface area contributed by atoms with Gasteiger partial charge in [0, 0.05) is 22.7 Å². The van der Waals surface area contributed by atoms with Crippen LogP contribution >= 0.6 is 23.4 Å². The lowest BCUT2D eigenvalue weighted by molar-refractivity contribution is -0.384. The average Bonchev–Trinajstić information content (AvgIpc) is 2.84. The third-order valence-electron chi connectivity index (χ3n) is 4.67. The van der Waals surface area contributed by atoms with Gasteiger partial charge < -0.3 is 0 Å². The largest absolute Gasteiger partial charge is 0.272 e. The summed E-state index contributed by atoms with van der Waals surface area (Å²) in [5.74, 6) is -0.526. The number of non-ortho nitro benzene ring substituents is 1. The van der Waals surface area contributed by atoms with Gasteiger partial charge in [0.1, 0.15) is 0 Å². The summed E-state index contributed by atoms with van der Waals surface area (Å²) >= 11 is 7.11. The van der Waals surface area contributed by atoms with Crippen LogP contribution in [0.15, 0.2) is 87.8 Å². The smallest absolute Gasteiger partial charge is 0.270 e. The van der Waals surface area contributed by atoms with E-state index >= 15 is 0 Å². The van der Waals surface area contributed by atoms with E-state index in [2.05, 4.69) is 15.5 Å². The van der Waals surface area contributed by atoms with E-state index in [1.54, 1.807) is 36.4 Å². The minimum absolute atomic E-state index is 0.0718. The van der Waals surface area contributed by atoms with Crippen LogP contribution in [0.4, 0.5) is 5.69 Å². The summed E-state index contributed by atoms with van der Waals surface area (Å²) < 4.78 is 1.46. The van der Waals surface area contributed by atoms with E-state index in [-0.39, 0.29) is 27.6 Å². The van der Waals surface area contributed by atoms with Gasteiger partial charge in [0.2, 0.25) is 0 Å². The lowest BCUT2D eigenvalue weighted by Gasteiger charge is -2.12. The number of nitrogens with zero attached hydrogens (tertiary/aromatic N) is 4. The predicted octanol–water partition coefficient (Wildman–Crippen LogP) is 4.19. The van der Waals surface area contributed by atoms with Crippen LogP contribution in [0.25, 0.3) is 16.6 Å². The quantitative estimate of drug-likeness (QED) is 0.135. The first-order valence-electron chi connectivity index (χ1n) is 9.90. The molecule has 0 saturated carbocycles. The second kappa shape index (κ2) is 10.3. The minimum Gasteiger partial charge on any atom is -0.272 e. The molecule has 0 spiro atoms. The second-order valence-electron chi connectivity index (χ2n) is 6.93. The van der Waals surface area contributed by atoms with E-state index in [1.165, 1.54) is 29.0 Å². The normalized spacial score (nSPS) is 11.1. The predicted molar refractivity (Wildman–Crippen MR) is 132 cm³/mol. The van der Waals surface area contributed by atoms with Crippen LogP contribution in [-0.2, 0) is 4.79 Å². The fourth-order valence-corrected chi connectivity index (χ4v) is 4.07. The van der Waals surface area contributed by atoms with Crippen LogP contribution in [0.1, 0.15) is 5.56 Å². The number of hydrogen-bond donors (Lipinski definition) is 1. The third kappa shape index (κ3) is 5.13. The number of hydrazone groups is 1. The van der Waals surface area contributed by atoms with Crippen molar-refractivity contribution in [3.05, 3.63) is 104 Å². The molecule has 1 heterocycles. The highest BCUT2D eigenvalue weighted by atomic mass is 35.5. The van der Waals surface area contributed by atoms with Crippen LogP contribution in [0.3, 0.4) is 0 Å². The van der Waals surface area contributed by atoms with Crippen molar-refractivity contribution in [3.8, 4) is 5.69 Å². The van der Waals surface area contributed by atoms with Crippen LogP contribution in [-0.4, -0.2) is 32.3 Å². The summed E-state index contributed by atoms with van der Waals surface area (Å²) in [4.78, 5) is 40.5. The highest BCUT2D eigenvalue weighted by molar-refractivity contribution is 7.99. The number of carbonyl (C=O) groups excluding carboxylic acids is 1. The lowest BCUT2D eigenvalue weighted by Crippen LogP contribution is -2.24. The molecule has 0 fully saturated rings. The molecule has 170 valence electrons. The van der Waals surface area contributed by atoms with Gasteiger partial charge in [-0.05, 0) is 30.3 Å². The SMILES string of the molecule is O=C(CSc1nc2ccccc2c(=O)n1-c1ccccc1)N/N=C\c1cc([N+](=O)[O-])ccc1Cl. The van der Waals surface area contributed by atoms with E-state index in [4.69, 9.17) is 11.6 Å². The number of nitro groups is 1. The molecule has 9 nitrogen and oxygen atoms in total. The van der Waals surface area contributed by atoms with Crippen LogP contribution in [0.2, 0.25) is 5.02 Å². The number of fused-ring (bicyclic) bond motifs is 1. The van der Waals surface area contributed by atoms with Crippen LogP contribution in [0.5, 0.6) is 0 Å². The monoisotopic (exact) mass is 493 g/mol. The third-order valence-corrected chi connectivity index (χ3v) is 5.96. The van der Waals surface area contributed by atoms with Crippen molar-refractivity contribution in [1.82, 2.24) is 15.0 Å². The number of nitro benzene ring substituents is 1. The summed E-state index contributed by atoms with van der Waals surface area (Å²) in [5, 5.41) is 15.8. The Morgan fingerprint density at radius 2 is 1.88 bits per heavy atom. The molecule has 0 saturated heterocycles. The van der Waals surface area contributed by atoms with Gasteiger partial charge in [0.25, 0.3) is 17.2 Å². The molecular weight excluding hydrogens is 478 g/mol. The first-order chi connectivity index (χ1) is 16.4. The topological polar surface area (TPSA) is 119 Å². The van der Waals surface area contributed by atoms with Gasteiger partial charge in [0.15, 0.2) is 5.16 Å². The molecule has 4 aromatic rings. The Morgan fingerprint density at radius 3 is 2.65 bits per heavy atom. The second-order valence-corrected chi connectivity index (χ2v) is 8.28. The maximum Gasteiger partial charge on any atom is 0.270 e. The van der Waals surface area contributed by atoms with E-state index in [1.807, 2.05) is 18.2 Å². The van der Waals surface area contributed by atoms with Crippen molar-refractivity contribution in [2.45, 2.75) is 5.16 Å². The van der Waals surface area contributed by atoms with E-state index in [0.29, 0.717) is 21.7 Å². The number of hydrogen-bond acceptors (Lipinski definition) is 7. The number of aromatic nitrogens is 2. The molecule has 1 N–H and O–H groups in total. The standard InChI is InChI=1S/C23H16ClN5O4S/c24-19-11-10-17(29(32)33)12-15(19)13-25-27-21(30)14-34-23-26-20-9-5-4-8-18(20)22(31)28(23)16-6-2-1-3-7-16/h1-13H,14H2,(H,27,30)/b25-13-. The molecule has 0 atom stereocenters. The average molecular weight is 494 g/mol. The van der Waals surface area contributed by atoms with Crippen LogP contribution in [0, 0.1) is 10.1 Å². The van der Waals surface area contributed by atoms with Crippen molar-refractivity contribution in [2.75, 3.05) is 5.75 Å². The molecule has 11 heteroatoms. The van der Waals surface area contributed by atoms with Gasteiger partial charge >= 0.3 is 0 Å². The Morgan fingerprint density at radius 1 is 1.15 bits per heavy atom. The maximum absolute atomic E-state index is 13.2. The molecule has 3 aromatic carbocycles. The molecule has 4 rings (SSSR count). The Hall–Kier alpha value is -4.02. The van der Waals surface area contributed by atoms with Crippen molar-refractivity contribution < 1.29 is 9.72 Å². The number of benzene rings is 3. The van der Waals surface area contributed by atoms with Gasteiger partial charge in [-0.1, -0.05) is 53.7 Å². The number of carbonyl (C=O) groups is 1. The molecule has 1 aromatic heterocycles. The molecule has 1 amide bonds. The molecule has 0 unspecified atom stereocenters. The zero-order valence-electron chi connectivity index (χ0n) is 17.4. The van der Waals surface area contributed by atoms with Gasteiger partial charge in [-0.25, -0.2) is 10.4 Å². The summed E-state index contributed by atoms with van der Waals surface area (Å²) in [6.07, 6.45) is 1.23. The molecule has 0 bridgehead atoms. The number of thioether (sulfide) groups is 1. The zero-order valence-corrected chi connectivity index (χ0v) is 19.0. The van der Waals surface area contributed by atoms with Gasteiger partial charge in [-0.2, -0.15) is 5.10 Å². The number of para-hydroxylation sites is 2. The fraction of sp³-hybridized carbons (Fsp3) is 0.0435. The molecule has 0 aliphatic heterocycles. The summed E-state index contributed by atoms with van der Waals surface area (Å²) in [6, 6.07) is 20.0. The Kier molecular flexibility index (Phi) is 7.00. The lowest BCUT2D eigenvalue weighted by atomic mass is 10.2. The first kappa shape index (κ1) is 23.1. The summed E-state index contributed by atoms with van der Waals surface area (Å²) in [6.45, 7) is 0. The fourth-order valence-electron chi connectivity index (χ4n) is 3.09. The highest BCUT2D eigenvalue weighted by Crippen LogP contribution is 2.22. The zero-order chi connectivity index (χ0) is 24.1. The maximum atomic E-state index is 13.2. The van der Waals surface area contributed by atoms with E-state index in [0.717, 1.165) is 11.8 Å². The van der Waals surface area contributed by atoms with Crippen molar-refractivity contribution in [3.63, 3.8) is 0 Å². The van der Waals surface area contributed by atoms with Crippen molar-refractivity contribution in [2.24, 2.45) is 5.10 Å². The Balaban J connectivity index is 1.53. The first-order valence-corrected chi connectivity index (χ1v) is 11.3. The molecule has 0 aliphatic rings. The van der Waals surface area contributed by atoms with Crippen LogP contribution < -0.4 is 11.0 Å². The van der Waals surface area contributed by atoms with E-state index in [9.17, 15) is 19.7 Å². The Bertz CT molecular complexity index is 1470. The highest BCUT2D eigenvalue weighted by Gasteiger charge is 2.14. The minimum atomic E-state index is -0.550. The number of halogens is 1. The van der Waals surface area contributed by atoms with E-state index < -0.39 is 10.8 Å². The van der Waals surface area contributed by atoms with Crippen molar-refractivity contribution >= 4 is 52.1 Å². The Labute approximate surface area is 202 Å².